The molecule has 23 heavy (non-hydrogen) atoms. The molecule has 1 aromatic carbocycles. The maximum Gasteiger partial charge on any atom is 0.219 e. The van der Waals surface area contributed by atoms with Crippen molar-refractivity contribution in [2.45, 2.75) is 45.7 Å². The smallest absolute Gasteiger partial charge is 0.219 e. The van der Waals surface area contributed by atoms with Gasteiger partial charge in [-0.3, -0.25) is 9.69 Å². The van der Waals surface area contributed by atoms with E-state index >= 15 is 0 Å². The van der Waals surface area contributed by atoms with Crippen molar-refractivity contribution in [2.75, 3.05) is 31.5 Å². The Morgan fingerprint density at radius 2 is 1.91 bits per heavy atom. The largest absolute Gasteiger partial charge is 0.382 e. The summed E-state index contributed by atoms with van der Waals surface area (Å²) in [5, 5.41) is 3.74. The Hall–Kier alpha value is -1.55. The van der Waals surface area contributed by atoms with Crippen LogP contribution in [0.15, 0.2) is 24.3 Å². The van der Waals surface area contributed by atoms with Crippen molar-refractivity contribution in [3.05, 3.63) is 29.8 Å². The van der Waals surface area contributed by atoms with E-state index in [-0.39, 0.29) is 5.91 Å². The number of rotatable bonds is 5. The zero-order valence-corrected chi connectivity index (χ0v) is 14.4. The molecule has 2 fully saturated rings. The van der Waals surface area contributed by atoms with Gasteiger partial charge in [0.05, 0.1) is 0 Å². The van der Waals surface area contributed by atoms with Gasteiger partial charge in [-0.05, 0) is 37.3 Å². The lowest BCUT2D eigenvalue weighted by atomic mass is 9.80. The predicted molar refractivity (Wildman–Crippen MR) is 94.4 cm³/mol. The van der Waals surface area contributed by atoms with Crippen molar-refractivity contribution in [1.82, 2.24) is 9.80 Å². The zero-order valence-electron chi connectivity index (χ0n) is 14.4. The summed E-state index contributed by atoms with van der Waals surface area (Å²) in [6.07, 6.45) is 4.12. The van der Waals surface area contributed by atoms with E-state index in [1.54, 1.807) is 6.92 Å². The Morgan fingerprint density at radius 1 is 1.22 bits per heavy atom. The fourth-order valence-electron chi connectivity index (χ4n) is 3.56. The fourth-order valence-corrected chi connectivity index (χ4v) is 3.56. The van der Waals surface area contributed by atoms with Crippen LogP contribution in [0.25, 0.3) is 0 Å². The Balaban J connectivity index is 1.58. The summed E-state index contributed by atoms with van der Waals surface area (Å²) in [7, 11) is 0. The lowest BCUT2D eigenvalue weighted by molar-refractivity contribution is -0.130. The maximum absolute atomic E-state index is 11.4. The highest BCUT2D eigenvalue weighted by Crippen LogP contribution is 2.31. The second kappa shape index (κ2) is 7.35. The quantitative estimate of drug-likeness (QED) is 0.907. The summed E-state index contributed by atoms with van der Waals surface area (Å²) in [5.41, 5.74) is 2.65. The molecule has 1 N–H and O–H groups in total. The zero-order chi connectivity index (χ0) is 16.2. The molecule has 1 unspecified atom stereocenters. The topological polar surface area (TPSA) is 35.6 Å². The second-order valence-electron chi connectivity index (χ2n) is 7.06. The van der Waals surface area contributed by atoms with Gasteiger partial charge < -0.3 is 10.2 Å². The summed E-state index contributed by atoms with van der Waals surface area (Å²) in [6.45, 7) is 8.57. The number of hydrogen-bond acceptors (Lipinski definition) is 3. The number of piperazine rings is 1. The van der Waals surface area contributed by atoms with Crippen LogP contribution < -0.4 is 5.32 Å². The average Bonchev–Trinajstić information content (AvgIpc) is 2.48. The van der Waals surface area contributed by atoms with Gasteiger partial charge in [-0.15, -0.1) is 0 Å². The van der Waals surface area contributed by atoms with Crippen LogP contribution in [0.3, 0.4) is 0 Å². The molecular weight excluding hydrogens is 286 g/mol. The Bertz CT molecular complexity index is 533. The van der Waals surface area contributed by atoms with Gasteiger partial charge in [0, 0.05) is 51.4 Å². The number of anilines is 1. The van der Waals surface area contributed by atoms with Gasteiger partial charge in [-0.2, -0.15) is 0 Å². The molecule has 2 aliphatic rings. The van der Waals surface area contributed by atoms with Crippen LogP contribution in [-0.4, -0.2) is 47.9 Å². The molecule has 1 aliphatic carbocycles. The van der Waals surface area contributed by atoms with E-state index in [2.05, 4.69) is 41.4 Å². The van der Waals surface area contributed by atoms with Gasteiger partial charge in [0.1, 0.15) is 0 Å². The molecule has 3 rings (SSSR count). The van der Waals surface area contributed by atoms with E-state index in [9.17, 15) is 4.79 Å². The molecule has 126 valence electrons. The number of amides is 1. The standard InChI is InChI=1S/C19H29N3O/c1-15(17-7-5-8-17)20-19-9-4-3-6-18(19)14-21-10-12-22(13-11-21)16(2)23/h3-4,6,9,15,17,20H,5,7-8,10-14H2,1-2H3. The number of hydrogen-bond donors (Lipinski definition) is 1. The minimum absolute atomic E-state index is 0.195. The van der Waals surface area contributed by atoms with E-state index in [0.717, 1.165) is 38.6 Å². The van der Waals surface area contributed by atoms with Crippen LogP contribution >= 0.6 is 0 Å². The third kappa shape index (κ3) is 4.05. The van der Waals surface area contributed by atoms with Crippen LogP contribution in [-0.2, 0) is 11.3 Å². The molecule has 0 aromatic heterocycles. The van der Waals surface area contributed by atoms with E-state index < -0.39 is 0 Å². The summed E-state index contributed by atoms with van der Waals surface area (Å²) in [4.78, 5) is 15.8. The maximum atomic E-state index is 11.4. The molecule has 1 saturated heterocycles. The first kappa shape index (κ1) is 16.3. The van der Waals surface area contributed by atoms with E-state index in [1.165, 1.54) is 30.5 Å². The Morgan fingerprint density at radius 3 is 2.52 bits per heavy atom. The summed E-state index contributed by atoms with van der Waals surface area (Å²) >= 11 is 0. The number of nitrogens with zero attached hydrogens (tertiary/aromatic N) is 2. The number of para-hydroxylation sites is 1. The van der Waals surface area contributed by atoms with Crippen molar-refractivity contribution in [2.24, 2.45) is 5.92 Å². The molecular formula is C19H29N3O. The first-order valence-corrected chi connectivity index (χ1v) is 8.96. The van der Waals surface area contributed by atoms with Crippen molar-refractivity contribution < 1.29 is 4.79 Å². The highest BCUT2D eigenvalue weighted by atomic mass is 16.2. The first-order chi connectivity index (χ1) is 11.1. The van der Waals surface area contributed by atoms with Gasteiger partial charge >= 0.3 is 0 Å². The van der Waals surface area contributed by atoms with E-state index in [0.29, 0.717) is 6.04 Å². The van der Waals surface area contributed by atoms with E-state index in [4.69, 9.17) is 0 Å². The molecule has 1 amide bonds. The van der Waals surface area contributed by atoms with Crippen molar-refractivity contribution in [1.29, 1.82) is 0 Å². The minimum Gasteiger partial charge on any atom is -0.382 e. The summed E-state index contributed by atoms with van der Waals surface area (Å²) in [5.74, 6) is 1.03. The van der Waals surface area contributed by atoms with Crippen molar-refractivity contribution >= 4 is 11.6 Å². The first-order valence-electron chi connectivity index (χ1n) is 8.96. The normalized spacial score (nSPS) is 20.9. The minimum atomic E-state index is 0.195. The highest BCUT2D eigenvalue weighted by Gasteiger charge is 2.24. The molecule has 1 aliphatic heterocycles. The number of nitrogens with one attached hydrogen (secondary N) is 1. The lowest BCUT2D eigenvalue weighted by Gasteiger charge is -2.35. The van der Waals surface area contributed by atoms with Gasteiger partial charge in [-0.25, -0.2) is 0 Å². The SMILES string of the molecule is CC(=O)N1CCN(Cc2ccccc2NC(C)C2CCC2)CC1. The van der Waals surface area contributed by atoms with Crippen molar-refractivity contribution in [3.8, 4) is 0 Å². The monoisotopic (exact) mass is 315 g/mol. The predicted octanol–water partition coefficient (Wildman–Crippen LogP) is 2.95. The third-order valence-corrected chi connectivity index (χ3v) is 5.47. The van der Waals surface area contributed by atoms with Gasteiger partial charge in [-0.1, -0.05) is 24.6 Å². The number of benzene rings is 1. The Labute approximate surface area is 139 Å². The highest BCUT2D eigenvalue weighted by molar-refractivity contribution is 5.73. The number of carbonyl (C=O) groups is 1. The van der Waals surface area contributed by atoms with Gasteiger partial charge in [0.25, 0.3) is 0 Å². The van der Waals surface area contributed by atoms with Gasteiger partial charge in [0.15, 0.2) is 0 Å². The molecule has 0 bridgehead atoms. The molecule has 1 saturated carbocycles. The molecule has 1 atom stereocenters. The van der Waals surface area contributed by atoms with Crippen molar-refractivity contribution in [3.63, 3.8) is 0 Å². The van der Waals surface area contributed by atoms with Crippen LogP contribution in [0.5, 0.6) is 0 Å². The Kier molecular flexibility index (Phi) is 5.21. The molecule has 0 spiro atoms. The fraction of sp³-hybridized carbons (Fsp3) is 0.632. The molecule has 4 heteroatoms. The lowest BCUT2D eigenvalue weighted by Crippen LogP contribution is -2.47. The van der Waals surface area contributed by atoms with E-state index in [1.807, 2.05) is 4.90 Å². The molecule has 1 heterocycles. The molecule has 0 radical (unpaired) electrons. The number of carbonyl (C=O) groups excluding carboxylic acids is 1. The second-order valence-corrected chi connectivity index (χ2v) is 7.06. The summed E-state index contributed by atoms with van der Waals surface area (Å²) < 4.78 is 0. The van der Waals surface area contributed by atoms with Gasteiger partial charge in [0.2, 0.25) is 5.91 Å². The van der Waals surface area contributed by atoms with Crippen LogP contribution in [0, 0.1) is 5.92 Å². The van der Waals surface area contributed by atoms with Crippen LogP contribution in [0.2, 0.25) is 0 Å². The average molecular weight is 315 g/mol. The summed E-state index contributed by atoms with van der Waals surface area (Å²) in [6, 6.07) is 9.23. The molecule has 1 aromatic rings. The van der Waals surface area contributed by atoms with Crippen LogP contribution in [0.1, 0.15) is 38.7 Å². The third-order valence-electron chi connectivity index (χ3n) is 5.47. The molecule has 4 nitrogen and oxygen atoms in total. The van der Waals surface area contributed by atoms with Crippen LogP contribution in [0.4, 0.5) is 5.69 Å².